The second-order valence-corrected chi connectivity index (χ2v) is 9.81. The lowest BCUT2D eigenvalue weighted by Crippen LogP contribution is -2.27. The lowest BCUT2D eigenvalue weighted by molar-refractivity contribution is -0.384. The first-order valence-electron chi connectivity index (χ1n) is 11.2. The largest absolute Gasteiger partial charge is 0.497 e. The summed E-state index contributed by atoms with van der Waals surface area (Å²) in [7, 11) is 1.60. The topological polar surface area (TPSA) is 90.5 Å². The highest BCUT2D eigenvalue weighted by Crippen LogP contribution is 2.36. The molecule has 1 aliphatic heterocycles. The Kier molecular flexibility index (Phi) is 6.85. The number of nitro groups is 1. The number of carbonyl (C=O) groups excluding carboxylic acids is 1. The molecule has 184 valence electrons. The smallest absolute Gasteiger partial charge is 0.270 e. The van der Waals surface area contributed by atoms with Gasteiger partial charge in [-0.2, -0.15) is 5.10 Å². The summed E-state index contributed by atoms with van der Waals surface area (Å²) < 4.78 is 7.35. The Hall–Kier alpha value is -4.28. The van der Waals surface area contributed by atoms with Gasteiger partial charge < -0.3 is 4.74 Å². The summed E-state index contributed by atoms with van der Waals surface area (Å²) in [6, 6.07) is 23.3. The molecule has 0 unspecified atom stereocenters. The molecule has 10 heteroatoms. The van der Waals surface area contributed by atoms with Crippen molar-refractivity contribution in [3.63, 3.8) is 0 Å². The Morgan fingerprint density at radius 1 is 1.08 bits per heavy atom. The number of hydrogen-bond donors (Lipinski definition) is 0. The summed E-state index contributed by atoms with van der Waals surface area (Å²) in [4.78, 5) is 26.3. The molecule has 2 heterocycles. The Balaban J connectivity index is 1.51. The van der Waals surface area contributed by atoms with E-state index in [0.29, 0.717) is 32.6 Å². The molecule has 3 aromatic carbocycles. The maximum Gasteiger partial charge on any atom is 0.270 e. The van der Waals surface area contributed by atoms with E-state index in [9.17, 15) is 14.9 Å². The zero-order valence-electron chi connectivity index (χ0n) is 19.6. The molecular formula is C27H20N4O4S2. The van der Waals surface area contributed by atoms with Crippen LogP contribution in [0, 0.1) is 10.1 Å². The third kappa shape index (κ3) is 5.16. The van der Waals surface area contributed by atoms with E-state index in [1.54, 1.807) is 41.1 Å². The summed E-state index contributed by atoms with van der Waals surface area (Å²) in [6.07, 6.45) is 3.55. The fourth-order valence-corrected chi connectivity index (χ4v) is 5.13. The number of nitro benzene ring substituents is 1. The number of para-hydroxylation sites is 1. The number of carbonyl (C=O) groups is 1. The molecule has 1 saturated heterocycles. The molecule has 37 heavy (non-hydrogen) atoms. The summed E-state index contributed by atoms with van der Waals surface area (Å²) in [5.41, 5.74) is 3.45. The molecule has 1 aliphatic rings. The summed E-state index contributed by atoms with van der Waals surface area (Å²) in [5, 5.41) is 16.1. The fraction of sp³-hybridized carbons (Fsp3) is 0.0741. The average Bonchev–Trinajstić information content (AvgIpc) is 3.46. The predicted molar refractivity (Wildman–Crippen MR) is 147 cm³/mol. The van der Waals surface area contributed by atoms with E-state index in [1.165, 1.54) is 23.9 Å². The zero-order valence-corrected chi connectivity index (χ0v) is 21.2. The molecule has 0 atom stereocenters. The predicted octanol–water partition coefficient (Wildman–Crippen LogP) is 5.86. The van der Waals surface area contributed by atoms with Gasteiger partial charge in [0.05, 0.1) is 29.2 Å². The van der Waals surface area contributed by atoms with Crippen molar-refractivity contribution in [1.82, 2.24) is 14.7 Å². The van der Waals surface area contributed by atoms with Crippen LogP contribution >= 0.6 is 24.0 Å². The normalized spacial score (nSPS) is 14.4. The number of methoxy groups -OCH3 is 1. The van der Waals surface area contributed by atoms with Gasteiger partial charge in [-0.3, -0.25) is 19.8 Å². The lowest BCUT2D eigenvalue weighted by Gasteiger charge is -2.14. The van der Waals surface area contributed by atoms with Gasteiger partial charge in [0.25, 0.3) is 11.6 Å². The first-order valence-corrected chi connectivity index (χ1v) is 12.4. The molecule has 0 N–H and O–H groups in total. The van der Waals surface area contributed by atoms with Gasteiger partial charge in [-0.1, -0.05) is 66.4 Å². The molecular weight excluding hydrogens is 508 g/mol. The van der Waals surface area contributed by atoms with Crippen LogP contribution in [0.2, 0.25) is 0 Å². The van der Waals surface area contributed by atoms with Crippen LogP contribution in [-0.4, -0.2) is 36.9 Å². The van der Waals surface area contributed by atoms with Crippen molar-refractivity contribution in [3.8, 4) is 22.7 Å². The number of hydrogen-bond acceptors (Lipinski definition) is 7. The lowest BCUT2D eigenvalue weighted by atomic mass is 10.1. The minimum Gasteiger partial charge on any atom is -0.497 e. The molecule has 0 saturated carbocycles. The minimum absolute atomic E-state index is 0.0384. The van der Waals surface area contributed by atoms with Crippen molar-refractivity contribution in [2.45, 2.75) is 6.54 Å². The van der Waals surface area contributed by atoms with Crippen LogP contribution in [0.5, 0.6) is 5.75 Å². The van der Waals surface area contributed by atoms with E-state index >= 15 is 0 Å². The molecule has 4 aromatic rings. The monoisotopic (exact) mass is 528 g/mol. The fourth-order valence-electron chi connectivity index (χ4n) is 3.89. The van der Waals surface area contributed by atoms with Crippen LogP contribution < -0.4 is 4.74 Å². The van der Waals surface area contributed by atoms with E-state index in [2.05, 4.69) is 0 Å². The Morgan fingerprint density at radius 3 is 2.54 bits per heavy atom. The van der Waals surface area contributed by atoms with Gasteiger partial charge in [-0.05, 0) is 35.9 Å². The molecule has 1 amide bonds. The second-order valence-electron chi connectivity index (χ2n) is 8.14. The molecule has 8 nitrogen and oxygen atoms in total. The number of thioether (sulfide) groups is 1. The maximum absolute atomic E-state index is 13.3. The molecule has 1 aromatic heterocycles. The third-order valence-electron chi connectivity index (χ3n) is 5.75. The van der Waals surface area contributed by atoms with Crippen LogP contribution in [0.3, 0.4) is 0 Å². The van der Waals surface area contributed by atoms with Crippen LogP contribution in [-0.2, 0) is 11.3 Å². The van der Waals surface area contributed by atoms with Crippen LogP contribution in [0.15, 0.2) is 90.0 Å². The first-order chi connectivity index (χ1) is 17.9. The highest BCUT2D eigenvalue weighted by molar-refractivity contribution is 8.26. The number of ether oxygens (including phenoxy) is 1. The Morgan fingerprint density at radius 2 is 1.84 bits per heavy atom. The average molecular weight is 529 g/mol. The molecule has 1 fully saturated rings. The summed E-state index contributed by atoms with van der Waals surface area (Å²) >= 11 is 6.74. The van der Waals surface area contributed by atoms with Gasteiger partial charge in [-0.15, -0.1) is 0 Å². The van der Waals surface area contributed by atoms with Crippen LogP contribution in [0.25, 0.3) is 23.0 Å². The summed E-state index contributed by atoms with van der Waals surface area (Å²) in [6.45, 7) is 0.340. The number of aromatic nitrogens is 2. The number of non-ortho nitro benzene ring substituents is 1. The van der Waals surface area contributed by atoms with Gasteiger partial charge >= 0.3 is 0 Å². The van der Waals surface area contributed by atoms with Gasteiger partial charge in [0, 0.05) is 29.5 Å². The number of rotatable bonds is 7. The van der Waals surface area contributed by atoms with Crippen molar-refractivity contribution in [3.05, 3.63) is 111 Å². The molecule has 0 spiro atoms. The third-order valence-corrected chi connectivity index (χ3v) is 7.13. The van der Waals surface area contributed by atoms with E-state index in [1.807, 2.05) is 54.6 Å². The molecule has 0 aliphatic carbocycles. The Labute approximate surface area is 222 Å². The quantitative estimate of drug-likeness (QED) is 0.128. The highest BCUT2D eigenvalue weighted by Gasteiger charge is 2.32. The number of amides is 1. The van der Waals surface area contributed by atoms with E-state index < -0.39 is 4.92 Å². The molecule has 0 radical (unpaired) electrons. The van der Waals surface area contributed by atoms with Crippen molar-refractivity contribution >= 4 is 46.0 Å². The zero-order chi connectivity index (χ0) is 25.9. The van der Waals surface area contributed by atoms with Gasteiger partial charge in [0.15, 0.2) is 0 Å². The van der Waals surface area contributed by atoms with E-state index in [-0.39, 0.29) is 11.6 Å². The maximum atomic E-state index is 13.3. The number of nitrogens with zero attached hydrogens (tertiary/aromatic N) is 4. The van der Waals surface area contributed by atoms with Crippen molar-refractivity contribution in [2.24, 2.45) is 0 Å². The van der Waals surface area contributed by atoms with Crippen LogP contribution in [0.4, 0.5) is 5.69 Å². The summed E-state index contributed by atoms with van der Waals surface area (Å²) in [5.74, 6) is 0.529. The standard InChI is InChI=1S/C27H20N4O4S2/c1-35-23-12-10-18(11-13-23)16-29-26(32)24(37-27(29)36)15-20-17-30(21-7-3-2-4-8-21)28-25(20)19-6-5-9-22(14-19)31(33)34/h2-15,17H,16H2,1H3/b24-15-. The Bertz CT molecular complexity index is 1530. The SMILES string of the molecule is COc1ccc(CN2C(=O)/C(=C/c3cn(-c4ccccc4)nc3-c3cccc([N+](=O)[O-])c3)SC2=S)cc1. The number of benzene rings is 3. The molecule has 0 bridgehead atoms. The van der Waals surface area contributed by atoms with Crippen molar-refractivity contribution < 1.29 is 14.5 Å². The van der Waals surface area contributed by atoms with Gasteiger partial charge in [0.2, 0.25) is 0 Å². The van der Waals surface area contributed by atoms with Gasteiger partial charge in [-0.25, -0.2) is 4.68 Å². The molecule has 5 rings (SSSR count). The highest BCUT2D eigenvalue weighted by atomic mass is 32.2. The van der Waals surface area contributed by atoms with E-state index in [0.717, 1.165) is 17.0 Å². The van der Waals surface area contributed by atoms with Crippen molar-refractivity contribution in [2.75, 3.05) is 7.11 Å². The van der Waals surface area contributed by atoms with Crippen molar-refractivity contribution in [1.29, 1.82) is 0 Å². The van der Waals surface area contributed by atoms with Gasteiger partial charge in [0.1, 0.15) is 15.8 Å². The second kappa shape index (κ2) is 10.4. The van der Waals surface area contributed by atoms with Crippen LogP contribution in [0.1, 0.15) is 11.1 Å². The first kappa shape index (κ1) is 24.4. The minimum atomic E-state index is -0.443. The van der Waals surface area contributed by atoms with E-state index in [4.69, 9.17) is 22.1 Å². The number of thiocarbonyl (C=S) groups is 1.